The highest BCUT2D eigenvalue weighted by Gasteiger charge is 2.09. The fraction of sp³-hybridized carbons (Fsp3) is 0.536. The van der Waals surface area contributed by atoms with Crippen LogP contribution in [0, 0.1) is 5.92 Å². The van der Waals surface area contributed by atoms with Crippen LogP contribution >= 0.6 is 0 Å². The Morgan fingerprint density at radius 3 is 2.10 bits per heavy atom. The third-order valence-corrected chi connectivity index (χ3v) is 5.70. The lowest BCUT2D eigenvalue weighted by Gasteiger charge is -2.11. The van der Waals surface area contributed by atoms with Gasteiger partial charge in [0.1, 0.15) is 11.5 Å². The molecule has 0 aliphatic rings. The van der Waals surface area contributed by atoms with Crippen molar-refractivity contribution in [2.45, 2.75) is 85.0 Å². The first-order valence-corrected chi connectivity index (χ1v) is 12.2. The molecule has 2 rings (SSSR count). The summed E-state index contributed by atoms with van der Waals surface area (Å²) >= 11 is 0. The molecule has 0 aliphatic heterocycles. The number of rotatable bonds is 15. The van der Waals surface area contributed by atoms with Gasteiger partial charge in [0.25, 0.3) is 0 Å². The van der Waals surface area contributed by atoms with Gasteiger partial charge < -0.3 is 9.47 Å². The summed E-state index contributed by atoms with van der Waals surface area (Å²) in [6, 6.07) is 15.0. The number of carbonyl (C=O) groups excluding carboxylic acids is 1. The molecule has 1 unspecified atom stereocenters. The lowest BCUT2D eigenvalue weighted by atomic mass is 9.98. The van der Waals surface area contributed by atoms with E-state index in [9.17, 15) is 4.79 Å². The highest BCUT2D eigenvalue weighted by molar-refractivity contribution is 5.91. The van der Waals surface area contributed by atoms with Gasteiger partial charge in [0.2, 0.25) is 0 Å². The van der Waals surface area contributed by atoms with Crippen molar-refractivity contribution in [1.82, 2.24) is 0 Å². The first kappa shape index (κ1) is 25.0. The predicted octanol–water partition coefficient (Wildman–Crippen LogP) is 8.01. The number of esters is 1. The maximum atomic E-state index is 12.3. The van der Waals surface area contributed by atoms with Gasteiger partial charge >= 0.3 is 5.97 Å². The van der Waals surface area contributed by atoms with Gasteiger partial charge in [-0.1, -0.05) is 77.8 Å². The van der Waals surface area contributed by atoms with Crippen LogP contribution in [-0.2, 0) is 6.42 Å². The van der Waals surface area contributed by atoms with Gasteiger partial charge in [-0.3, -0.25) is 0 Å². The van der Waals surface area contributed by atoms with E-state index in [0.717, 1.165) is 37.5 Å². The monoisotopic (exact) mass is 424 g/mol. The van der Waals surface area contributed by atoms with Crippen molar-refractivity contribution in [3.8, 4) is 11.5 Å². The van der Waals surface area contributed by atoms with Crippen molar-refractivity contribution in [3.05, 3.63) is 59.7 Å². The molecule has 31 heavy (non-hydrogen) atoms. The molecule has 170 valence electrons. The summed E-state index contributed by atoms with van der Waals surface area (Å²) in [5.74, 6) is 1.86. The van der Waals surface area contributed by atoms with Crippen molar-refractivity contribution in [2.75, 3.05) is 6.61 Å². The number of ether oxygens (including phenoxy) is 2. The molecule has 0 fully saturated rings. The second-order valence-corrected chi connectivity index (χ2v) is 8.61. The summed E-state index contributed by atoms with van der Waals surface area (Å²) in [5, 5.41) is 0. The lowest BCUT2D eigenvalue weighted by Crippen LogP contribution is -2.08. The van der Waals surface area contributed by atoms with Crippen LogP contribution in [0.2, 0.25) is 0 Å². The van der Waals surface area contributed by atoms with Crippen molar-refractivity contribution < 1.29 is 14.3 Å². The van der Waals surface area contributed by atoms with Crippen LogP contribution < -0.4 is 9.47 Å². The zero-order valence-electron chi connectivity index (χ0n) is 19.7. The van der Waals surface area contributed by atoms with Gasteiger partial charge in [0.15, 0.2) is 0 Å². The van der Waals surface area contributed by atoms with Gasteiger partial charge in [-0.25, -0.2) is 4.79 Å². The Morgan fingerprint density at radius 2 is 1.42 bits per heavy atom. The Morgan fingerprint density at radius 1 is 0.774 bits per heavy atom. The minimum absolute atomic E-state index is 0.330. The molecule has 0 saturated heterocycles. The molecule has 3 nitrogen and oxygen atoms in total. The standard InChI is InChI=1S/C28H40O3/c1-4-6-11-23(3)12-9-8-10-22-30-26-18-20-27(21-19-26)31-28(29)25-16-14-24(15-17-25)13-7-5-2/h14-21,23H,4-13,22H2,1-3H3. The van der Waals surface area contributed by atoms with Crippen LogP contribution in [0.15, 0.2) is 48.5 Å². The Balaban J connectivity index is 1.66. The lowest BCUT2D eigenvalue weighted by molar-refractivity contribution is 0.0734. The van der Waals surface area contributed by atoms with E-state index in [1.807, 2.05) is 36.4 Å². The summed E-state index contributed by atoms with van der Waals surface area (Å²) in [5.41, 5.74) is 1.83. The molecule has 0 bridgehead atoms. The van der Waals surface area contributed by atoms with Crippen LogP contribution in [0.5, 0.6) is 11.5 Å². The van der Waals surface area contributed by atoms with E-state index in [2.05, 4.69) is 20.8 Å². The molecule has 3 heteroatoms. The molecule has 0 saturated carbocycles. The molecule has 0 amide bonds. The van der Waals surface area contributed by atoms with Gasteiger partial charge in [-0.05, 0) is 67.1 Å². The van der Waals surface area contributed by atoms with E-state index in [1.54, 1.807) is 12.1 Å². The molecule has 2 aromatic carbocycles. The number of hydrogen-bond acceptors (Lipinski definition) is 3. The maximum absolute atomic E-state index is 12.3. The highest BCUT2D eigenvalue weighted by Crippen LogP contribution is 2.20. The molecule has 0 aliphatic carbocycles. The largest absolute Gasteiger partial charge is 0.494 e. The SMILES string of the molecule is CCCCc1ccc(C(=O)Oc2ccc(OCCCCCC(C)CCCC)cc2)cc1. The normalized spacial score (nSPS) is 11.8. The number of benzene rings is 2. The summed E-state index contributed by atoms with van der Waals surface area (Å²) < 4.78 is 11.3. The third kappa shape index (κ3) is 10.0. The van der Waals surface area contributed by atoms with Gasteiger partial charge in [-0.2, -0.15) is 0 Å². The second kappa shape index (κ2) is 14.7. The van der Waals surface area contributed by atoms with E-state index in [0.29, 0.717) is 11.3 Å². The molecular formula is C28H40O3. The van der Waals surface area contributed by atoms with Gasteiger partial charge in [-0.15, -0.1) is 0 Å². The first-order valence-electron chi connectivity index (χ1n) is 12.2. The van der Waals surface area contributed by atoms with E-state index in [1.165, 1.54) is 50.5 Å². The van der Waals surface area contributed by atoms with Crippen molar-refractivity contribution >= 4 is 5.97 Å². The molecule has 0 aromatic heterocycles. The quantitative estimate of drug-likeness (QED) is 0.165. The Hall–Kier alpha value is -2.29. The fourth-order valence-electron chi connectivity index (χ4n) is 3.62. The third-order valence-electron chi connectivity index (χ3n) is 5.70. The van der Waals surface area contributed by atoms with Gasteiger partial charge in [0.05, 0.1) is 12.2 Å². The van der Waals surface area contributed by atoms with E-state index < -0.39 is 0 Å². The molecule has 0 radical (unpaired) electrons. The van der Waals surface area contributed by atoms with Crippen molar-refractivity contribution in [3.63, 3.8) is 0 Å². The minimum Gasteiger partial charge on any atom is -0.494 e. The molecule has 2 aromatic rings. The smallest absolute Gasteiger partial charge is 0.343 e. The Kier molecular flexibility index (Phi) is 11.8. The van der Waals surface area contributed by atoms with Crippen LogP contribution in [-0.4, -0.2) is 12.6 Å². The molecule has 0 N–H and O–H groups in total. The zero-order valence-corrected chi connectivity index (χ0v) is 19.7. The van der Waals surface area contributed by atoms with Crippen molar-refractivity contribution in [2.24, 2.45) is 5.92 Å². The van der Waals surface area contributed by atoms with Crippen LogP contribution in [0.3, 0.4) is 0 Å². The average molecular weight is 425 g/mol. The fourth-order valence-corrected chi connectivity index (χ4v) is 3.62. The number of unbranched alkanes of at least 4 members (excludes halogenated alkanes) is 4. The summed E-state index contributed by atoms with van der Waals surface area (Å²) in [7, 11) is 0. The Labute approximate surface area is 189 Å². The maximum Gasteiger partial charge on any atom is 0.343 e. The molecule has 0 heterocycles. The number of hydrogen-bond donors (Lipinski definition) is 0. The predicted molar refractivity (Wildman–Crippen MR) is 129 cm³/mol. The zero-order chi connectivity index (χ0) is 22.3. The molecule has 1 atom stereocenters. The summed E-state index contributed by atoms with van der Waals surface area (Å²) in [4.78, 5) is 12.3. The Bertz CT molecular complexity index is 734. The highest BCUT2D eigenvalue weighted by atomic mass is 16.5. The van der Waals surface area contributed by atoms with Crippen LogP contribution in [0.4, 0.5) is 0 Å². The molecular weight excluding hydrogens is 384 g/mol. The molecule has 0 spiro atoms. The average Bonchev–Trinajstić information content (AvgIpc) is 2.79. The summed E-state index contributed by atoms with van der Waals surface area (Å²) in [6.45, 7) is 7.53. The second-order valence-electron chi connectivity index (χ2n) is 8.61. The topological polar surface area (TPSA) is 35.5 Å². The van der Waals surface area contributed by atoms with E-state index >= 15 is 0 Å². The number of carbonyl (C=O) groups is 1. The summed E-state index contributed by atoms with van der Waals surface area (Å²) in [6.07, 6.45) is 12.3. The number of aryl methyl sites for hydroxylation is 1. The minimum atomic E-state index is -0.330. The van der Waals surface area contributed by atoms with Crippen LogP contribution in [0.25, 0.3) is 0 Å². The van der Waals surface area contributed by atoms with E-state index in [4.69, 9.17) is 9.47 Å². The van der Waals surface area contributed by atoms with Crippen molar-refractivity contribution in [1.29, 1.82) is 0 Å². The van der Waals surface area contributed by atoms with Gasteiger partial charge in [0, 0.05) is 0 Å². The van der Waals surface area contributed by atoms with E-state index in [-0.39, 0.29) is 5.97 Å². The first-order chi connectivity index (χ1) is 15.1. The van der Waals surface area contributed by atoms with Crippen LogP contribution in [0.1, 0.15) is 94.5 Å².